The summed E-state index contributed by atoms with van der Waals surface area (Å²) in [6.07, 6.45) is 1.58. The number of rotatable bonds is 12. The molecule has 3 aliphatic rings. The summed E-state index contributed by atoms with van der Waals surface area (Å²) >= 11 is 0. The maximum Gasteiger partial charge on any atom is 0.264 e. The average molecular weight is 684 g/mol. The number of anilines is 1. The number of piperidine rings is 1. The van der Waals surface area contributed by atoms with Gasteiger partial charge in [-0.1, -0.05) is 18.2 Å². The second-order valence-electron chi connectivity index (χ2n) is 11.7. The maximum absolute atomic E-state index is 14.0. The van der Waals surface area contributed by atoms with Gasteiger partial charge in [0, 0.05) is 72.0 Å². The summed E-state index contributed by atoms with van der Waals surface area (Å²) in [5.74, 6) is -0.341. The Labute approximate surface area is 273 Å². The third-order valence-corrected chi connectivity index (χ3v) is 9.86. The normalized spacial score (nSPS) is 15.0. The molecule has 1 fully saturated rings. The van der Waals surface area contributed by atoms with E-state index in [9.17, 15) is 26.4 Å². The molecule has 1 saturated heterocycles. The molecule has 0 atom stereocenters. The van der Waals surface area contributed by atoms with Gasteiger partial charge in [0.2, 0.25) is 0 Å². The van der Waals surface area contributed by atoms with E-state index in [1.165, 1.54) is 0 Å². The Morgan fingerprint density at radius 3 is 2.32 bits per heavy atom. The number of ketones is 1. The monoisotopic (exact) mass is 683 g/mol. The highest BCUT2D eigenvalue weighted by Crippen LogP contribution is 2.42. The lowest BCUT2D eigenvalue weighted by Gasteiger charge is -2.31. The molecule has 1 amide bonds. The number of hydrogen-bond donors (Lipinski definition) is 3. The quantitative estimate of drug-likeness (QED) is 0.109. The molecule has 0 spiro atoms. The maximum atomic E-state index is 14.0. The number of likely N-dealkylation sites (tertiary alicyclic amines) is 1. The summed E-state index contributed by atoms with van der Waals surface area (Å²) in [6.45, 7) is 3.01. The Bertz CT molecular complexity index is 2050. The molecule has 0 saturated carbocycles. The van der Waals surface area contributed by atoms with Gasteiger partial charge < -0.3 is 14.6 Å². The van der Waals surface area contributed by atoms with Crippen LogP contribution in [0.25, 0.3) is 33.4 Å². The summed E-state index contributed by atoms with van der Waals surface area (Å²) in [5.41, 5.74) is 3.84. The van der Waals surface area contributed by atoms with E-state index in [0.717, 1.165) is 16.5 Å². The van der Waals surface area contributed by atoms with Crippen molar-refractivity contribution in [2.24, 2.45) is 10.9 Å². The van der Waals surface area contributed by atoms with Crippen molar-refractivity contribution in [3.63, 3.8) is 0 Å². The molecule has 2 aromatic rings. The molecule has 0 bridgehead atoms. The summed E-state index contributed by atoms with van der Waals surface area (Å²) in [7, 11) is -8.17. The Hall–Kier alpha value is -4.11. The van der Waals surface area contributed by atoms with Crippen molar-refractivity contribution in [2.75, 3.05) is 43.0 Å². The molecule has 0 aromatic heterocycles. The molecule has 12 nitrogen and oxygen atoms in total. The van der Waals surface area contributed by atoms with E-state index < -0.39 is 26.0 Å². The SMILES string of the molecule is CC(=O)C1CCN(C(=O)c2ccccc2-c2c3ccc(=NCCCS(=O)(=O)O)cc-3oc3cc(NCCCS(=O)(=O)O)ccc23)CC1. The van der Waals surface area contributed by atoms with Crippen molar-refractivity contribution in [1.82, 2.24) is 4.90 Å². The van der Waals surface area contributed by atoms with E-state index in [1.54, 1.807) is 36.1 Å². The lowest BCUT2D eigenvalue weighted by atomic mass is 9.89. The minimum Gasteiger partial charge on any atom is -0.456 e. The first-order valence-electron chi connectivity index (χ1n) is 15.3. The largest absolute Gasteiger partial charge is 0.456 e. The molecule has 47 heavy (non-hydrogen) atoms. The van der Waals surface area contributed by atoms with Crippen LogP contribution in [0.4, 0.5) is 5.69 Å². The van der Waals surface area contributed by atoms with Gasteiger partial charge in [-0.05, 0) is 68.5 Å². The van der Waals surface area contributed by atoms with E-state index in [0.29, 0.717) is 59.4 Å². The first-order chi connectivity index (χ1) is 22.3. The standard InChI is InChI=1S/C33H37N3O9S2/c1-22(37)23-12-16-36(17-13-23)33(38)27-7-3-2-6-26(27)32-28-10-8-24(34-14-4-18-46(39,40)41)20-30(28)45-31-21-25(9-11-29(31)32)35-15-5-19-47(42,43)44/h2-3,6-11,20-21,23,34H,4-5,12-19H2,1H3,(H,39,40,41)(H,42,43,44). The van der Waals surface area contributed by atoms with Crippen molar-refractivity contribution in [3.05, 3.63) is 71.6 Å². The molecule has 2 aromatic carbocycles. The van der Waals surface area contributed by atoms with Crippen LogP contribution in [-0.2, 0) is 25.0 Å². The number of amides is 1. The van der Waals surface area contributed by atoms with Gasteiger partial charge in [-0.2, -0.15) is 16.8 Å². The number of carbonyl (C=O) groups is 2. The van der Waals surface area contributed by atoms with Gasteiger partial charge in [-0.3, -0.25) is 23.7 Å². The van der Waals surface area contributed by atoms with Gasteiger partial charge in [-0.15, -0.1) is 0 Å². The van der Waals surface area contributed by atoms with Gasteiger partial charge in [0.1, 0.15) is 17.1 Å². The predicted molar refractivity (Wildman–Crippen MR) is 179 cm³/mol. The summed E-state index contributed by atoms with van der Waals surface area (Å²) in [5, 5.41) is 4.42. The molecule has 1 aliphatic carbocycles. The molecule has 250 valence electrons. The van der Waals surface area contributed by atoms with Crippen LogP contribution in [-0.4, -0.2) is 80.2 Å². The molecular weight excluding hydrogens is 647 g/mol. The molecule has 3 N–H and O–H groups in total. The fourth-order valence-electron chi connectivity index (χ4n) is 5.87. The zero-order valence-corrected chi connectivity index (χ0v) is 27.5. The number of carbonyl (C=O) groups excluding carboxylic acids is 2. The van der Waals surface area contributed by atoms with Crippen LogP contribution in [0, 0.1) is 5.92 Å². The van der Waals surface area contributed by atoms with Gasteiger partial charge in [0.15, 0.2) is 0 Å². The van der Waals surface area contributed by atoms with Crippen LogP contribution in [0.5, 0.6) is 0 Å². The Morgan fingerprint density at radius 1 is 0.915 bits per heavy atom. The number of Topliss-reactive ketones (excluding diaryl/α,β-unsaturated/α-hetero) is 1. The zero-order valence-electron chi connectivity index (χ0n) is 25.9. The second-order valence-corrected chi connectivity index (χ2v) is 14.8. The van der Waals surface area contributed by atoms with Crippen molar-refractivity contribution in [2.45, 2.75) is 32.6 Å². The average Bonchev–Trinajstić information content (AvgIpc) is 3.02. The minimum absolute atomic E-state index is 0.0404. The van der Waals surface area contributed by atoms with Crippen LogP contribution >= 0.6 is 0 Å². The van der Waals surface area contributed by atoms with E-state index in [-0.39, 0.29) is 49.3 Å². The number of fused-ring (bicyclic) bond motifs is 2. The summed E-state index contributed by atoms with van der Waals surface area (Å²) < 4.78 is 68.9. The van der Waals surface area contributed by atoms with Gasteiger partial charge >= 0.3 is 0 Å². The Kier molecular flexibility index (Phi) is 10.4. The number of nitrogens with one attached hydrogen (secondary N) is 1. The highest BCUT2D eigenvalue weighted by atomic mass is 32.2. The van der Waals surface area contributed by atoms with Crippen LogP contribution in [0.2, 0.25) is 0 Å². The predicted octanol–water partition coefficient (Wildman–Crippen LogP) is 4.51. The van der Waals surface area contributed by atoms with Crippen LogP contribution in [0.15, 0.2) is 70.1 Å². The van der Waals surface area contributed by atoms with Crippen molar-refractivity contribution >= 4 is 48.6 Å². The van der Waals surface area contributed by atoms with E-state index in [4.69, 9.17) is 13.5 Å². The minimum atomic E-state index is -4.09. The fraction of sp³-hybridized carbons (Fsp3) is 0.364. The van der Waals surface area contributed by atoms with E-state index >= 15 is 0 Å². The van der Waals surface area contributed by atoms with Crippen molar-refractivity contribution < 1.29 is 39.9 Å². The number of nitrogens with zero attached hydrogens (tertiary/aromatic N) is 2. The third-order valence-electron chi connectivity index (χ3n) is 8.25. The van der Waals surface area contributed by atoms with Crippen molar-refractivity contribution in [3.8, 4) is 22.5 Å². The summed E-state index contributed by atoms with van der Waals surface area (Å²) in [6, 6.07) is 18.2. The molecule has 0 radical (unpaired) electrons. The first kappa shape index (κ1) is 34.2. The van der Waals surface area contributed by atoms with Gasteiger partial charge in [0.25, 0.3) is 26.1 Å². The zero-order chi connectivity index (χ0) is 33.8. The molecule has 5 rings (SSSR count). The lowest BCUT2D eigenvalue weighted by molar-refractivity contribution is -0.121. The van der Waals surface area contributed by atoms with Crippen molar-refractivity contribution in [1.29, 1.82) is 0 Å². The van der Waals surface area contributed by atoms with E-state index in [1.807, 2.05) is 36.4 Å². The van der Waals surface area contributed by atoms with Crippen LogP contribution < -0.4 is 10.7 Å². The van der Waals surface area contributed by atoms with Gasteiger partial charge in [-0.25, -0.2) is 0 Å². The first-order valence-corrected chi connectivity index (χ1v) is 18.6. The van der Waals surface area contributed by atoms with Crippen LogP contribution in [0.3, 0.4) is 0 Å². The Morgan fingerprint density at radius 2 is 1.62 bits per heavy atom. The number of benzene rings is 3. The highest BCUT2D eigenvalue weighted by Gasteiger charge is 2.28. The van der Waals surface area contributed by atoms with E-state index in [2.05, 4.69) is 10.3 Å². The fourth-order valence-corrected chi connectivity index (χ4v) is 6.87. The third kappa shape index (κ3) is 8.83. The molecule has 0 unspecified atom stereocenters. The highest BCUT2D eigenvalue weighted by molar-refractivity contribution is 7.86. The molecule has 14 heteroatoms. The van der Waals surface area contributed by atoms with Gasteiger partial charge in [0.05, 0.1) is 16.9 Å². The molecule has 2 aliphatic heterocycles. The Balaban J connectivity index is 1.57. The summed E-state index contributed by atoms with van der Waals surface area (Å²) in [4.78, 5) is 32.1. The smallest absolute Gasteiger partial charge is 0.264 e. The lowest BCUT2D eigenvalue weighted by Crippen LogP contribution is -2.40. The number of hydrogen-bond acceptors (Lipinski definition) is 9. The molecular formula is C33H37N3O9S2. The molecule has 2 heterocycles. The van der Waals surface area contributed by atoms with Crippen LogP contribution in [0.1, 0.15) is 43.0 Å². The second kappa shape index (κ2) is 14.3. The topological polar surface area (TPSA) is 184 Å².